The number of pyridine rings is 1. The molecule has 0 N–H and O–H groups in total. The van der Waals surface area contributed by atoms with E-state index in [2.05, 4.69) is 16.9 Å². The topological polar surface area (TPSA) is 49.1 Å². The molecule has 1 aliphatic heterocycles. The van der Waals surface area contributed by atoms with Crippen molar-refractivity contribution in [1.82, 2.24) is 9.88 Å². The minimum absolute atomic E-state index is 0.424. The van der Waals surface area contributed by atoms with Crippen LogP contribution in [0.15, 0.2) is 18.3 Å². The summed E-state index contributed by atoms with van der Waals surface area (Å²) in [4.78, 5) is 6.36. The van der Waals surface area contributed by atoms with Gasteiger partial charge in [0.1, 0.15) is 17.5 Å². The molecule has 1 unspecified atom stereocenters. The molecule has 0 amide bonds. The first kappa shape index (κ1) is 11.9. The first-order valence-corrected chi connectivity index (χ1v) is 5.99. The lowest BCUT2D eigenvalue weighted by atomic mass is 10.1. The fourth-order valence-corrected chi connectivity index (χ4v) is 2.19. The summed E-state index contributed by atoms with van der Waals surface area (Å²) in [5.74, 6) is 0.740. The highest BCUT2D eigenvalue weighted by Crippen LogP contribution is 2.18. The minimum Gasteiger partial charge on any atom is -0.492 e. The van der Waals surface area contributed by atoms with E-state index in [1.165, 1.54) is 19.4 Å². The molecule has 0 aliphatic carbocycles. The van der Waals surface area contributed by atoms with Gasteiger partial charge in [-0.15, -0.1) is 0 Å². The second-order valence-corrected chi connectivity index (χ2v) is 4.40. The quantitative estimate of drug-likeness (QED) is 0.793. The van der Waals surface area contributed by atoms with Gasteiger partial charge in [-0.25, -0.2) is 4.98 Å². The fraction of sp³-hybridized carbons (Fsp3) is 0.538. The van der Waals surface area contributed by atoms with E-state index in [4.69, 9.17) is 10.00 Å². The maximum absolute atomic E-state index is 8.62. The van der Waals surface area contributed by atoms with Gasteiger partial charge in [0.05, 0.1) is 12.8 Å². The Labute approximate surface area is 102 Å². The van der Waals surface area contributed by atoms with Crippen molar-refractivity contribution in [3.63, 3.8) is 0 Å². The van der Waals surface area contributed by atoms with Gasteiger partial charge in [0.15, 0.2) is 0 Å². The highest BCUT2D eigenvalue weighted by atomic mass is 16.5. The molecule has 90 valence electrons. The first-order chi connectivity index (χ1) is 8.29. The van der Waals surface area contributed by atoms with Gasteiger partial charge in [-0.3, -0.25) is 0 Å². The van der Waals surface area contributed by atoms with Crippen molar-refractivity contribution >= 4 is 0 Å². The Morgan fingerprint density at radius 2 is 2.47 bits per heavy atom. The highest BCUT2D eigenvalue weighted by Gasteiger charge is 2.20. The average molecular weight is 231 g/mol. The van der Waals surface area contributed by atoms with E-state index in [1.807, 2.05) is 6.07 Å². The Hall–Kier alpha value is -1.60. The van der Waals surface area contributed by atoms with Crippen LogP contribution in [-0.4, -0.2) is 36.1 Å². The number of nitrogens with zero attached hydrogens (tertiary/aromatic N) is 3. The zero-order valence-electron chi connectivity index (χ0n) is 10.1. The summed E-state index contributed by atoms with van der Waals surface area (Å²) in [5, 5.41) is 8.62. The van der Waals surface area contributed by atoms with Gasteiger partial charge in [0.2, 0.25) is 0 Å². The zero-order valence-corrected chi connectivity index (χ0v) is 10.1. The second kappa shape index (κ2) is 5.65. The third-order valence-electron chi connectivity index (χ3n) is 3.24. The molecule has 1 aromatic heterocycles. The highest BCUT2D eigenvalue weighted by molar-refractivity contribution is 5.26. The SMILES string of the molecule is CN1CCCC1CCOc1ccc(C#N)nc1. The van der Waals surface area contributed by atoms with Crippen LogP contribution in [0.1, 0.15) is 25.0 Å². The number of hydrogen-bond donors (Lipinski definition) is 0. The largest absolute Gasteiger partial charge is 0.492 e. The molecule has 1 atom stereocenters. The van der Waals surface area contributed by atoms with Crippen molar-refractivity contribution in [3.8, 4) is 11.8 Å². The summed E-state index contributed by atoms with van der Waals surface area (Å²) in [6.45, 7) is 1.91. The predicted molar refractivity (Wildman–Crippen MR) is 64.7 cm³/mol. The Bertz CT molecular complexity index is 396. The lowest BCUT2D eigenvalue weighted by molar-refractivity contribution is 0.233. The van der Waals surface area contributed by atoms with E-state index in [0.717, 1.165) is 12.2 Å². The van der Waals surface area contributed by atoms with E-state index < -0.39 is 0 Å². The number of rotatable bonds is 4. The summed E-state index contributed by atoms with van der Waals surface area (Å²) < 4.78 is 5.62. The lowest BCUT2D eigenvalue weighted by Gasteiger charge is -2.19. The number of nitriles is 1. The summed E-state index contributed by atoms with van der Waals surface area (Å²) >= 11 is 0. The van der Waals surface area contributed by atoms with Crippen molar-refractivity contribution in [2.45, 2.75) is 25.3 Å². The molecule has 2 heterocycles. The van der Waals surface area contributed by atoms with Crippen LogP contribution in [0.5, 0.6) is 5.75 Å². The van der Waals surface area contributed by atoms with E-state index in [0.29, 0.717) is 18.3 Å². The number of hydrogen-bond acceptors (Lipinski definition) is 4. The summed E-state index contributed by atoms with van der Waals surface area (Å²) in [6, 6.07) is 6.11. The second-order valence-electron chi connectivity index (χ2n) is 4.40. The Kier molecular flexibility index (Phi) is 3.94. The molecule has 1 aliphatic rings. The van der Waals surface area contributed by atoms with Crippen LogP contribution in [0, 0.1) is 11.3 Å². The van der Waals surface area contributed by atoms with Gasteiger partial charge in [0.25, 0.3) is 0 Å². The predicted octanol–water partition coefficient (Wildman–Crippen LogP) is 1.82. The summed E-state index contributed by atoms with van der Waals surface area (Å²) in [7, 11) is 2.17. The lowest BCUT2D eigenvalue weighted by Crippen LogP contribution is -2.26. The van der Waals surface area contributed by atoms with Gasteiger partial charge in [-0.2, -0.15) is 5.26 Å². The van der Waals surface area contributed by atoms with Crippen LogP contribution >= 0.6 is 0 Å². The third kappa shape index (κ3) is 3.18. The standard InChI is InChI=1S/C13H17N3O/c1-16-7-2-3-12(16)6-8-17-13-5-4-11(9-14)15-10-13/h4-5,10,12H,2-3,6-8H2,1H3. The molecular weight excluding hydrogens is 214 g/mol. The summed E-state index contributed by atoms with van der Waals surface area (Å²) in [6.07, 6.45) is 5.22. The smallest absolute Gasteiger partial charge is 0.140 e. The molecule has 1 saturated heterocycles. The molecule has 1 aromatic rings. The van der Waals surface area contributed by atoms with E-state index in [-0.39, 0.29) is 0 Å². The van der Waals surface area contributed by atoms with Crippen molar-refractivity contribution < 1.29 is 4.74 Å². The molecule has 0 bridgehead atoms. The summed E-state index contributed by atoms with van der Waals surface area (Å²) in [5.41, 5.74) is 0.424. The van der Waals surface area contributed by atoms with Gasteiger partial charge >= 0.3 is 0 Å². The van der Waals surface area contributed by atoms with Crippen LogP contribution < -0.4 is 4.74 Å². The van der Waals surface area contributed by atoms with Crippen LogP contribution in [0.3, 0.4) is 0 Å². The van der Waals surface area contributed by atoms with Crippen molar-refractivity contribution in [1.29, 1.82) is 5.26 Å². The molecule has 4 heteroatoms. The Morgan fingerprint density at radius 1 is 1.59 bits per heavy atom. The van der Waals surface area contributed by atoms with Crippen molar-refractivity contribution in [2.24, 2.45) is 0 Å². The van der Waals surface area contributed by atoms with E-state index in [1.54, 1.807) is 18.3 Å². The van der Waals surface area contributed by atoms with Crippen molar-refractivity contribution in [2.75, 3.05) is 20.2 Å². The number of likely N-dealkylation sites (tertiary alicyclic amines) is 1. The van der Waals surface area contributed by atoms with Crippen LogP contribution in [0.2, 0.25) is 0 Å². The fourth-order valence-electron chi connectivity index (χ4n) is 2.19. The average Bonchev–Trinajstić information content (AvgIpc) is 2.76. The molecule has 0 radical (unpaired) electrons. The van der Waals surface area contributed by atoms with E-state index >= 15 is 0 Å². The van der Waals surface area contributed by atoms with Crippen LogP contribution in [-0.2, 0) is 0 Å². The molecule has 1 fully saturated rings. The van der Waals surface area contributed by atoms with Crippen LogP contribution in [0.25, 0.3) is 0 Å². The Morgan fingerprint density at radius 3 is 3.06 bits per heavy atom. The number of ether oxygens (including phenoxy) is 1. The minimum atomic E-state index is 0.424. The van der Waals surface area contributed by atoms with Gasteiger partial charge in [0, 0.05) is 6.04 Å². The maximum Gasteiger partial charge on any atom is 0.140 e. The molecule has 2 rings (SSSR count). The molecule has 0 aromatic carbocycles. The molecular formula is C13H17N3O. The molecule has 4 nitrogen and oxygen atoms in total. The van der Waals surface area contributed by atoms with Crippen molar-refractivity contribution in [3.05, 3.63) is 24.0 Å². The van der Waals surface area contributed by atoms with E-state index in [9.17, 15) is 0 Å². The monoisotopic (exact) mass is 231 g/mol. The first-order valence-electron chi connectivity index (χ1n) is 5.99. The number of aromatic nitrogens is 1. The third-order valence-corrected chi connectivity index (χ3v) is 3.24. The molecule has 0 spiro atoms. The Balaban J connectivity index is 1.76. The van der Waals surface area contributed by atoms with Gasteiger partial charge in [-0.05, 0) is 45.0 Å². The normalized spacial score (nSPS) is 20.1. The zero-order chi connectivity index (χ0) is 12.1. The molecule has 0 saturated carbocycles. The van der Waals surface area contributed by atoms with Gasteiger partial charge in [-0.1, -0.05) is 0 Å². The van der Waals surface area contributed by atoms with Crippen LogP contribution in [0.4, 0.5) is 0 Å². The van der Waals surface area contributed by atoms with Gasteiger partial charge < -0.3 is 9.64 Å². The maximum atomic E-state index is 8.62. The molecule has 17 heavy (non-hydrogen) atoms.